The van der Waals surface area contributed by atoms with E-state index in [0.29, 0.717) is 0 Å². The molecule has 0 aliphatic heterocycles. The van der Waals surface area contributed by atoms with E-state index in [1.807, 2.05) is 0 Å². The minimum atomic E-state index is -4.30. The zero-order valence-corrected chi connectivity index (χ0v) is 7.07. The zero-order valence-electron chi connectivity index (χ0n) is 7.07. The molecule has 12 heavy (non-hydrogen) atoms. The van der Waals surface area contributed by atoms with Crippen LogP contribution in [-0.2, 0) is 0 Å². The van der Waals surface area contributed by atoms with Crippen molar-refractivity contribution in [1.82, 2.24) is 0 Å². The first-order valence-electron chi connectivity index (χ1n) is 3.49. The molecule has 0 bridgehead atoms. The summed E-state index contributed by atoms with van der Waals surface area (Å²) < 4.78 is 36.4. The molecular weight excluding hydrogens is 165 g/mol. The third-order valence-electron chi connectivity index (χ3n) is 1.31. The van der Waals surface area contributed by atoms with Gasteiger partial charge in [0, 0.05) is 0 Å². The minimum absolute atomic E-state index is 0.00694. The second-order valence-corrected chi connectivity index (χ2v) is 2.23. The lowest BCUT2D eigenvalue weighted by molar-refractivity contribution is -0.0890. The van der Waals surface area contributed by atoms with Gasteiger partial charge in [0.05, 0.1) is 5.57 Å². The van der Waals surface area contributed by atoms with Crippen molar-refractivity contribution >= 4 is 0 Å². The Labute approximate surface area is 70.1 Å². The van der Waals surface area contributed by atoms with E-state index in [2.05, 4.69) is 6.58 Å². The molecule has 0 saturated carbocycles. The van der Waals surface area contributed by atoms with Crippen molar-refractivity contribution in [3.8, 4) is 0 Å². The molecule has 0 rings (SSSR count). The van der Waals surface area contributed by atoms with E-state index < -0.39 is 11.7 Å². The van der Waals surface area contributed by atoms with Crippen LogP contribution in [0.25, 0.3) is 0 Å². The van der Waals surface area contributed by atoms with Crippen molar-refractivity contribution in [3.63, 3.8) is 0 Å². The fourth-order valence-corrected chi connectivity index (χ4v) is 0.822. The molecule has 0 aromatic rings. The van der Waals surface area contributed by atoms with Crippen LogP contribution in [0.4, 0.5) is 13.2 Å². The Balaban J connectivity index is 4.72. The molecule has 0 aromatic carbocycles. The van der Waals surface area contributed by atoms with Gasteiger partial charge in [0.1, 0.15) is 0 Å². The maximum atomic E-state index is 12.1. The summed E-state index contributed by atoms with van der Waals surface area (Å²) in [6.45, 7) is 6.30. The molecule has 0 aromatic heterocycles. The highest BCUT2D eigenvalue weighted by molar-refractivity contribution is 5.39. The topological polar surface area (TPSA) is 0 Å². The van der Waals surface area contributed by atoms with Crippen molar-refractivity contribution in [2.45, 2.75) is 20.0 Å². The summed E-state index contributed by atoms with van der Waals surface area (Å²) in [4.78, 5) is 0. The number of hydrogen-bond donors (Lipinski definition) is 0. The molecule has 0 spiro atoms. The number of alkyl halides is 3. The maximum Gasteiger partial charge on any atom is 0.416 e. The SMILES string of the molecule is C=C(/C=C\C)/C(=C\C)C(F)(F)F. The largest absolute Gasteiger partial charge is 0.416 e. The smallest absolute Gasteiger partial charge is 0.166 e. The summed E-state index contributed by atoms with van der Waals surface area (Å²) in [5, 5.41) is 0. The molecule has 0 fully saturated rings. The second kappa shape index (κ2) is 4.14. The molecule has 68 valence electrons. The second-order valence-electron chi connectivity index (χ2n) is 2.23. The zero-order chi connectivity index (χ0) is 9.78. The lowest BCUT2D eigenvalue weighted by Gasteiger charge is -2.10. The minimum Gasteiger partial charge on any atom is -0.166 e. The van der Waals surface area contributed by atoms with Gasteiger partial charge in [-0.25, -0.2) is 0 Å². The molecule has 0 heterocycles. The Morgan fingerprint density at radius 1 is 1.25 bits per heavy atom. The van der Waals surface area contributed by atoms with Gasteiger partial charge in [-0.3, -0.25) is 0 Å². The van der Waals surface area contributed by atoms with Crippen LogP contribution < -0.4 is 0 Å². The molecular formula is C9H11F3. The Kier molecular flexibility index (Phi) is 3.80. The van der Waals surface area contributed by atoms with Crippen molar-refractivity contribution in [1.29, 1.82) is 0 Å². The lowest BCUT2D eigenvalue weighted by atomic mass is 10.1. The fourth-order valence-electron chi connectivity index (χ4n) is 0.822. The van der Waals surface area contributed by atoms with Crippen LogP contribution in [0.2, 0.25) is 0 Å². The van der Waals surface area contributed by atoms with E-state index in [0.717, 1.165) is 6.08 Å². The molecule has 0 nitrogen and oxygen atoms in total. The molecule has 0 aliphatic carbocycles. The third kappa shape index (κ3) is 2.95. The highest BCUT2D eigenvalue weighted by atomic mass is 19.4. The quantitative estimate of drug-likeness (QED) is 0.563. The first-order chi connectivity index (χ1) is 5.43. The average molecular weight is 176 g/mol. The molecule has 0 amide bonds. The Hall–Kier alpha value is -0.990. The van der Waals surface area contributed by atoms with Gasteiger partial charge in [-0.15, -0.1) is 0 Å². The van der Waals surface area contributed by atoms with Crippen LogP contribution in [0.5, 0.6) is 0 Å². The number of rotatable bonds is 2. The van der Waals surface area contributed by atoms with Crippen LogP contribution >= 0.6 is 0 Å². The molecule has 3 heteroatoms. The predicted octanol–water partition coefficient (Wildman–Crippen LogP) is 3.63. The normalized spacial score (nSPS) is 13.9. The van der Waals surface area contributed by atoms with Crippen LogP contribution in [-0.4, -0.2) is 6.18 Å². The highest BCUT2D eigenvalue weighted by Crippen LogP contribution is 2.30. The predicted molar refractivity (Wildman–Crippen MR) is 43.8 cm³/mol. The van der Waals surface area contributed by atoms with Gasteiger partial charge in [-0.1, -0.05) is 24.8 Å². The van der Waals surface area contributed by atoms with Gasteiger partial charge in [-0.2, -0.15) is 13.2 Å². The van der Waals surface area contributed by atoms with E-state index >= 15 is 0 Å². The van der Waals surface area contributed by atoms with Gasteiger partial charge in [0.2, 0.25) is 0 Å². The van der Waals surface area contributed by atoms with E-state index in [1.165, 1.54) is 19.1 Å². The number of halogens is 3. The number of allylic oxidation sites excluding steroid dienone is 5. The highest BCUT2D eigenvalue weighted by Gasteiger charge is 2.33. The fraction of sp³-hybridized carbons (Fsp3) is 0.333. The third-order valence-corrected chi connectivity index (χ3v) is 1.31. The van der Waals surface area contributed by atoms with Crippen molar-refractivity contribution in [2.75, 3.05) is 0 Å². The first-order valence-corrected chi connectivity index (χ1v) is 3.49. The average Bonchev–Trinajstić information content (AvgIpc) is 1.85. The van der Waals surface area contributed by atoms with E-state index in [-0.39, 0.29) is 5.57 Å². The van der Waals surface area contributed by atoms with Crippen molar-refractivity contribution in [3.05, 3.63) is 36.0 Å². The summed E-state index contributed by atoms with van der Waals surface area (Å²) in [6, 6.07) is 0. The summed E-state index contributed by atoms with van der Waals surface area (Å²) in [5.41, 5.74) is -0.687. The Bertz CT molecular complexity index is 218. The summed E-state index contributed by atoms with van der Waals surface area (Å²) in [7, 11) is 0. The Morgan fingerprint density at radius 3 is 2.00 bits per heavy atom. The van der Waals surface area contributed by atoms with E-state index in [9.17, 15) is 13.2 Å². The molecule has 0 aliphatic rings. The van der Waals surface area contributed by atoms with E-state index in [4.69, 9.17) is 0 Å². The summed E-state index contributed by atoms with van der Waals surface area (Å²) in [6.07, 6.45) is -0.423. The monoisotopic (exact) mass is 176 g/mol. The van der Waals surface area contributed by atoms with Gasteiger partial charge >= 0.3 is 6.18 Å². The van der Waals surface area contributed by atoms with Crippen LogP contribution in [0, 0.1) is 0 Å². The maximum absolute atomic E-state index is 12.1. The van der Waals surface area contributed by atoms with Gasteiger partial charge < -0.3 is 0 Å². The van der Waals surface area contributed by atoms with E-state index in [1.54, 1.807) is 6.92 Å². The molecule has 0 unspecified atom stereocenters. The molecule has 0 saturated heterocycles. The van der Waals surface area contributed by atoms with Gasteiger partial charge in [0.25, 0.3) is 0 Å². The van der Waals surface area contributed by atoms with Crippen LogP contribution in [0.1, 0.15) is 13.8 Å². The number of hydrogen-bond acceptors (Lipinski definition) is 0. The molecule has 0 N–H and O–H groups in total. The van der Waals surface area contributed by atoms with Crippen molar-refractivity contribution < 1.29 is 13.2 Å². The Morgan fingerprint density at radius 2 is 1.75 bits per heavy atom. The molecule has 0 atom stereocenters. The summed E-state index contributed by atoms with van der Waals surface area (Å²) in [5.74, 6) is 0. The standard InChI is InChI=1S/C9H11F3/c1-4-6-7(3)8(5-2)9(10,11)12/h4-6H,3H2,1-2H3/b6-4-,8-5+. The first kappa shape index (κ1) is 11.0. The van der Waals surface area contributed by atoms with Crippen molar-refractivity contribution in [2.24, 2.45) is 0 Å². The summed E-state index contributed by atoms with van der Waals surface area (Å²) >= 11 is 0. The van der Waals surface area contributed by atoms with Crippen LogP contribution in [0.3, 0.4) is 0 Å². The van der Waals surface area contributed by atoms with Gasteiger partial charge in [0.15, 0.2) is 0 Å². The lowest BCUT2D eigenvalue weighted by Crippen LogP contribution is -2.12. The molecule has 0 radical (unpaired) electrons. The van der Waals surface area contributed by atoms with Crippen LogP contribution in [0.15, 0.2) is 36.0 Å². The van der Waals surface area contributed by atoms with Gasteiger partial charge in [-0.05, 0) is 19.4 Å².